The number of β-amino-alcohol motifs (C(OH)–C–C–N with tert-alkyl or cyclic N) is 1. The molecule has 6 nitrogen and oxygen atoms in total. The monoisotopic (exact) mass is 392 g/mol. The summed E-state index contributed by atoms with van der Waals surface area (Å²) >= 11 is 0. The Bertz CT molecular complexity index is 582. The lowest BCUT2D eigenvalue weighted by atomic mass is 10.1. The number of aliphatic hydroxyl groups is 2. The molecule has 3 rings (SSSR count). The number of hydrogen-bond donors (Lipinski definition) is 2. The molecule has 0 spiro atoms. The van der Waals surface area contributed by atoms with Gasteiger partial charge in [0.2, 0.25) is 0 Å². The molecule has 1 aromatic rings. The van der Waals surface area contributed by atoms with Gasteiger partial charge in [-0.3, -0.25) is 4.90 Å². The summed E-state index contributed by atoms with van der Waals surface area (Å²) in [4.78, 5) is 4.70. The largest absolute Gasteiger partial charge is 0.493 e. The standard InChI is InChI=1S/C22H36N2O4/c1-27-22-14-18(15-23-10-4-2-3-5-11-23)6-7-21(22)28-17-20(26)16-24-12-8-19(25)9-13-24/h6-7,14,19-20,25-26H,2-5,8-13,15-17H2,1H3. The third-order valence-electron chi connectivity index (χ3n) is 5.79. The SMILES string of the molecule is COc1cc(CN2CCCCCC2)ccc1OCC(O)CN1CCC(O)CC1. The van der Waals surface area contributed by atoms with E-state index in [2.05, 4.69) is 21.9 Å². The van der Waals surface area contributed by atoms with E-state index in [-0.39, 0.29) is 12.7 Å². The van der Waals surface area contributed by atoms with Gasteiger partial charge >= 0.3 is 0 Å². The Kier molecular flexibility index (Phi) is 8.40. The molecule has 2 heterocycles. The van der Waals surface area contributed by atoms with Crippen molar-refractivity contribution in [3.63, 3.8) is 0 Å². The molecule has 2 saturated heterocycles. The molecule has 2 aliphatic heterocycles. The van der Waals surface area contributed by atoms with Crippen molar-refractivity contribution in [3.8, 4) is 11.5 Å². The van der Waals surface area contributed by atoms with Gasteiger partial charge in [0.25, 0.3) is 0 Å². The number of piperidine rings is 1. The Labute approximate surface area is 169 Å². The zero-order valence-electron chi connectivity index (χ0n) is 17.2. The number of benzene rings is 1. The number of rotatable bonds is 8. The second kappa shape index (κ2) is 11.0. The van der Waals surface area contributed by atoms with Crippen LogP contribution >= 0.6 is 0 Å². The molecule has 0 radical (unpaired) electrons. The Balaban J connectivity index is 1.49. The number of ether oxygens (including phenoxy) is 2. The van der Waals surface area contributed by atoms with Crippen molar-refractivity contribution < 1.29 is 19.7 Å². The minimum Gasteiger partial charge on any atom is -0.493 e. The Hall–Kier alpha value is -1.34. The zero-order chi connectivity index (χ0) is 19.8. The minimum atomic E-state index is -0.559. The molecule has 0 amide bonds. The Morgan fingerprint density at radius 1 is 1.00 bits per heavy atom. The molecule has 28 heavy (non-hydrogen) atoms. The van der Waals surface area contributed by atoms with Crippen LogP contribution in [0.25, 0.3) is 0 Å². The minimum absolute atomic E-state index is 0.193. The van der Waals surface area contributed by atoms with Crippen molar-refractivity contribution in [2.75, 3.05) is 46.4 Å². The van der Waals surface area contributed by atoms with Gasteiger partial charge in [0.05, 0.1) is 13.2 Å². The van der Waals surface area contributed by atoms with Gasteiger partial charge in [0.1, 0.15) is 12.7 Å². The van der Waals surface area contributed by atoms with Gasteiger partial charge in [0.15, 0.2) is 11.5 Å². The van der Waals surface area contributed by atoms with E-state index < -0.39 is 6.10 Å². The van der Waals surface area contributed by atoms with Crippen LogP contribution in [-0.2, 0) is 6.54 Å². The van der Waals surface area contributed by atoms with E-state index in [4.69, 9.17) is 9.47 Å². The topological polar surface area (TPSA) is 65.4 Å². The first kappa shape index (κ1) is 21.4. The number of nitrogens with zero attached hydrogens (tertiary/aromatic N) is 2. The normalized spacial score (nSPS) is 21.2. The summed E-state index contributed by atoms with van der Waals surface area (Å²) in [7, 11) is 1.66. The van der Waals surface area contributed by atoms with Crippen molar-refractivity contribution in [2.24, 2.45) is 0 Å². The van der Waals surface area contributed by atoms with E-state index in [1.807, 2.05) is 6.07 Å². The second-order valence-electron chi connectivity index (χ2n) is 8.17. The first-order valence-corrected chi connectivity index (χ1v) is 10.7. The molecule has 158 valence electrons. The van der Waals surface area contributed by atoms with Crippen LogP contribution in [0.15, 0.2) is 18.2 Å². The Morgan fingerprint density at radius 2 is 1.71 bits per heavy atom. The van der Waals surface area contributed by atoms with Crippen LogP contribution in [0.5, 0.6) is 11.5 Å². The highest BCUT2D eigenvalue weighted by molar-refractivity contribution is 5.43. The maximum Gasteiger partial charge on any atom is 0.161 e. The lowest BCUT2D eigenvalue weighted by molar-refractivity contribution is 0.0333. The van der Waals surface area contributed by atoms with Gasteiger partial charge in [0, 0.05) is 26.2 Å². The molecule has 0 saturated carbocycles. The molecule has 2 fully saturated rings. The molecule has 0 aliphatic carbocycles. The van der Waals surface area contributed by atoms with Crippen molar-refractivity contribution in [1.82, 2.24) is 9.80 Å². The molecule has 1 atom stereocenters. The van der Waals surface area contributed by atoms with E-state index in [1.54, 1.807) is 7.11 Å². The van der Waals surface area contributed by atoms with Crippen LogP contribution in [0.4, 0.5) is 0 Å². The highest BCUT2D eigenvalue weighted by atomic mass is 16.5. The second-order valence-corrected chi connectivity index (χ2v) is 8.17. The summed E-state index contributed by atoms with van der Waals surface area (Å²) in [5.74, 6) is 1.40. The molecule has 1 unspecified atom stereocenters. The van der Waals surface area contributed by atoms with Gasteiger partial charge < -0.3 is 24.6 Å². The van der Waals surface area contributed by atoms with Crippen LogP contribution in [-0.4, -0.2) is 78.7 Å². The van der Waals surface area contributed by atoms with Crippen molar-refractivity contribution in [2.45, 2.75) is 57.3 Å². The maximum atomic E-state index is 10.3. The maximum absolute atomic E-state index is 10.3. The van der Waals surface area contributed by atoms with Crippen LogP contribution in [0, 0.1) is 0 Å². The first-order chi connectivity index (χ1) is 13.6. The molecule has 0 aromatic heterocycles. The number of likely N-dealkylation sites (tertiary alicyclic amines) is 2. The highest BCUT2D eigenvalue weighted by Crippen LogP contribution is 2.29. The quantitative estimate of drug-likeness (QED) is 0.708. The van der Waals surface area contributed by atoms with Crippen LogP contribution in [0.1, 0.15) is 44.1 Å². The van der Waals surface area contributed by atoms with E-state index in [0.29, 0.717) is 12.3 Å². The van der Waals surface area contributed by atoms with E-state index in [9.17, 15) is 10.2 Å². The summed E-state index contributed by atoms with van der Waals surface area (Å²) in [6, 6.07) is 6.11. The summed E-state index contributed by atoms with van der Waals surface area (Å²) in [6.45, 7) is 5.74. The van der Waals surface area contributed by atoms with E-state index in [0.717, 1.165) is 38.2 Å². The molecule has 6 heteroatoms. The number of aliphatic hydroxyl groups excluding tert-OH is 2. The smallest absolute Gasteiger partial charge is 0.161 e. The lowest BCUT2D eigenvalue weighted by Crippen LogP contribution is -2.41. The average Bonchev–Trinajstić information content (AvgIpc) is 2.97. The van der Waals surface area contributed by atoms with Crippen LogP contribution < -0.4 is 9.47 Å². The summed E-state index contributed by atoms with van der Waals surface area (Å²) in [5.41, 5.74) is 1.23. The average molecular weight is 393 g/mol. The molecular weight excluding hydrogens is 356 g/mol. The number of methoxy groups -OCH3 is 1. The predicted octanol–water partition coefficient (Wildman–Crippen LogP) is 2.27. The highest BCUT2D eigenvalue weighted by Gasteiger charge is 2.20. The Morgan fingerprint density at radius 3 is 2.39 bits per heavy atom. The molecular formula is C22H36N2O4. The summed E-state index contributed by atoms with van der Waals surface area (Å²) in [5, 5.41) is 19.9. The zero-order valence-corrected chi connectivity index (χ0v) is 17.2. The fourth-order valence-electron chi connectivity index (χ4n) is 4.12. The van der Waals surface area contributed by atoms with Crippen molar-refractivity contribution in [1.29, 1.82) is 0 Å². The third-order valence-corrected chi connectivity index (χ3v) is 5.79. The van der Waals surface area contributed by atoms with Gasteiger partial charge in [-0.1, -0.05) is 18.9 Å². The van der Waals surface area contributed by atoms with Gasteiger partial charge in [-0.25, -0.2) is 0 Å². The van der Waals surface area contributed by atoms with Crippen molar-refractivity contribution in [3.05, 3.63) is 23.8 Å². The fraction of sp³-hybridized carbons (Fsp3) is 0.727. The van der Waals surface area contributed by atoms with E-state index in [1.165, 1.54) is 44.3 Å². The van der Waals surface area contributed by atoms with Crippen molar-refractivity contribution >= 4 is 0 Å². The van der Waals surface area contributed by atoms with Crippen LogP contribution in [0.3, 0.4) is 0 Å². The lowest BCUT2D eigenvalue weighted by Gasteiger charge is -2.30. The van der Waals surface area contributed by atoms with E-state index >= 15 is 0 Å². The summed E-state index contributed by atoms with van der Waals surface area (Å²) < 4.78 is 11.4. The van der Waals surface area contributed by atoms with Gasteiger partial charge in [-0.05, 0) is 56.5 Å². The third kappa shape index (κ3) is 6.62. The summed E-state index contributed by atoms with van der Waals surface area (Å²) in [6.07, 6.45) is 6.05. The molecule has 1 aromatic carbocycles. The number of hydrogen-bond acceptors (Lipinski definition) is 6. The van der Waals surface area contributed by atoms with Crippen LogP contribution in [0.2, 0.25) is 0 Å². The molecule has 2 aliphatic rings. The predicted molar refractivity (Wildman–Crippen MR) is 110 cm³/mol. The van der Waals surface area contributed by atoms with Gasteiger partial charge in [-0.2, -0.15) is 0 Å². The molecule has 0 bridgehead atoms. The fourth-order valence-corrected chi connectivity index (χ4v) is 4.12. The van der Waals surface area contributed by atoms with Gasteiger partial charge in [-0.15, -0.1) is 0 Å². The first-order valence-electron chi connectivity index (χ1n) is 10.7. The molecule has 2 N–H and O–H groups in total.